The van der Waals surface area contributed by atoms with Crippen LogP contribution in [0.5, 0.6) is 0 Å². The van der Waals surface area contributed by atoms with E-state index in [0.717, 1.165) is 5.56 Å². The average molecular weight is 277 g/mol. The molecule has 1 fully saturated rings. The first-order valence-electron chi connectivity index (χ1n) is 6.70. The van der Waals surface area contributed by atoms with Gasteiger partial charge in [-0.3, -0.25) is 4.79 Å². The zero-order chi connectivity index (χ0) is 15.1. The van der Waals surface area contributed by atoms with Crippen LogP contribution in [0, 0.1) is 17.2 Å². The lowest BCUT2D eigenvalue weighted by Gasteiger charge is -2.06. The SMILES string of the molecule is CCc1cc([C@H]2[C@H](C(=O)N=C(N)N)C2(C)C)ccc1F. The number of nitrogens with two attached hydrogens (primary N) is 2. The number of halogens is 1. The van der Waals surface area contributed by atoms with Crippen molar-refractivity contribution in [3.63, 3.8) is 0 Å². The van der Waals surface area contributed by atoms with Gasteiger partial charge in [-0.15, -0.1) is 0 Å². The van der Waals surface area contributed by atoms with Gasteiger partial charge in [0, 0.05) is 5.92 Å². The molecule has 0 unspecified atom stereocenters. The van der Waals surface area contributed by atoms with E-state index in [2.05, 4.69) is 4.99 Å². The fourth-order valence-corrected chi connectivity index (χ4v) is 2.98. The van der Waals surface area contributed by atoms with Crippen LogP contribution in [0.1, 0.15) is 37.8 Å². The van der Waals surface area contributed by atoms with E-state index >= 15 is 0 Å². The van der Waals surface area contributed by atoms with Gasteiger partial charge in [0.1, 0.15) is 5.82 Å². The van der Waals surface area contributed by atoms with Gasteiger partial charge in [-0.05, 0) is 29.0 Å². The molecule has 0 spiro atoms. The third kappa shape index (κ3) is 2.40. The van der Waals surface area contributed by atoms with Crippen molar-refractivity contribution < 1.29 is 9.18 Å². The van der Waals surface area contributed by atoms with Crippen LogP contribution in [-0.2, 0) is 11.2 Å². The van der Waals surface area contributed by atoms with Crippen LogP contribution >= 0.6 is 0 Å². The molecular weight excluding hydrogens is 257 g/mol. The topological polar surface area (TPSA) is 81.5 Å². The third-order valence-corrected chi connectivity index (χ3v) is 4.14. The molecule has 0 aliphatic heterocycles. The summed E-state index contributed by atoms with van der Waals surface area (Å²) in [4.78, 5) is 15.6. The molecule has 1 aliphatic rings. The molecule has 1 amide bonds. The molecule has 108 valence electrons. The number of benzene rings is 1. The highest BCUT2D eigenvalue weighted by Gasteiger charge is 2.62. The van der Waals surface area contributed by atoms with Crippen LogP contribution in [0.15, 0.2) is 23.2 Å². The van der Waals surface area contributed by atoms with E-state index in [1.54, 1.807) is 6.07 Å². The van der Waals surface area contributed by atoms with Crippen LogP contribution in [0.4, 0.5) is 4.39 Å². The van der Waals surface area contributed by atoms with Gasteiger partial charge < -0.3 is 11.5 Å². The fourth-order valence-electron chi connectivity index (χ4n) is 2.98. The Morgan fingerprint density at radius 2 is 2.05 bits per heavy atom. The number of amides is 1. The quantitative estimate of drug-likeness (QED) is 0.654. The van der Waals surface area contributed by atoms with E-state index in [0.29, 0.717) is 12.0 Å². The summed E-state index contributed by atoms with van der Waals surface area (Å²) in [7, 11) is 0. The zero-order valence-electron chi connectivity index (χ0n) is 12.0. The molecule has 5 heteroatoms. The molecule has 1 aliphatic carbocycles. The van der Waals surface area contributed by atoms with E-state index in [1.807, 2.05) is 26.8 Å². The second kappa shape index (κ2) is 4.89. The van der Waals surface area contributed by atoms with Gasteiger partial charge in [0.05, 0.1) is 5.92 Å². The maximum Gasteiger partial charge on any atom is 0.253 e. The smallest absolute Gasteiger partial charge is 0.253 e. The number of nitrogens with zero attached hydrogens (tertiary/aromatic N) is 1. The Bertz CT molecular complexity index is 576. The standard InChI is InChI=1S/C15H20FN3O/c1-4-8-7-9(5-6-10(8)16)11-12(15(11,2)3)13(20)19-14(17)18/h5-7,11-12H,4H2,1-3H3,(H4,17,18,19,20)/t11-,12+/m0/s1. The van der Waals surface area contributed by atoms with Gasteiger partial charge in [0.25, 0.3) is 5.91 Å². The monoisotopic (exact) mass is 277 g/mol. The molecular formula is C15H20FN3O. The van der Waals surface area contributed by atoms with Crippen molar-refractivity contribution in [1.82, 2.24) is 0 Å². The van der Waals surface area contributed by atoms with Gasteiger partial charge in [-0.1, -0.05) is 32.9 Å². The lowest BCUT2D eigenvalue weighted by atomic mass is 10.00. The minimum Gasteiger partial charge on any atom is -0.370 e. The summed E-state index contributed by atoms with van der Waals surface area (Å²) in [6.07, 6.45) is 0.624. The van der Waals surface area contributed by atoms with Crippen LogP contribution in [0.2, 0.25) is 0 Å². The molecule has 4 N–H and O–H groups in total. The summed E-state index contributed by atoms with van der Waals surface area (Å²) in [6, 6.07) is 5.04. The molecule has 0 saturated heterocycles. The van der Waals surface area contributed by atoms with Crippen molar-refractivity contribution in [2.45, 2.75) is 33.1 Å². The Balaban J connectivity index is 2.30. The van der Waals surface area contributed by atoms with Gasteiger partial charge in [-0.2, -0.15) is 4.99 Å². The maximum atomic E-state index is 13.6. The number of carbonyl (C=O) groups is 1. The van der Waals surface area contributed by atoms with Crippen molar-refractivity contribution in [2.24, 2.45) is 27.8 Å². The molecule has 1 aromatic rings. The molecule has 2 rings (SSSR count). The van der Waals surface area contributed by atoms with Gasteiger partial charge in [-0.25, -0.2) is 4.39 Å². The number of carbonyl (C=O) groups excluding carboxylic acids is 1. The normalized spacial score (nSPS) is 23.2. The Hall–Kier alpha value is -1.91. The van der Waals surface area contributed by atoms with Crippen LogP contribution in [-0.4, -0.2) is 11.9 Å². The van der Waals surface area contributed by atoms with Gasteiger partial charge in [0.15, 0.2) is 5.96 Å². The van der Waals surface area contributed by atoms with Crippen molar-refractivity contribution in [2.75, 3.05) is 0 Å². The lowest BCUT2D eigenvalue weighted by Crippen LogP contribution is -2.25. The summed E-state index contributed by atoms with van der Waals surface area (Å²) in [5, 5.41) is 0. The highest BCUT2D eigenvalue weighted by Crippen LogP contribution is 2.64. The van der Waals surface area contributed by atoms with Crippen LogP contribution in [0.25, 0.3) is 0 Å². The number of rotatable bonds is 3. The number of aryl methyl sites for hydroxylation is 1. The van der Waals surface area contributed by atoms with Crippen molar-refractivity contribution in [1.29, 1.82) is 0 Å². The molecule has 1 aromatic carbocycles. The third-order valence-electron chi connectivity index (χ3n) is 4.14. The van der Waals surface area contributed by atoms with E-state index < -0.39 is 0 Å². The van der Waals surface area contributed by atoms with E-state index in [-0.39, 0.29) is 34.9 Å². The largest absolute Gasteiger partial charge is 0.370 e. The van der Waals surface area contributed by atoms with Crippen molar-refractivity contribution in [3.05, 3.63) is 35.1 Å². The lowest BCUT2D eigenvalue weighted by molar-refractivity contribution is -0.119. The summed E-state index contributed by atoms with van der Waals surface area (Å²) in [6.45, 7) is 5.90. The first kappa shape index (κ1) is 14.5. The van der Waals surface area contributed by atoms with Crippen LogP contribution < -0.4 is 11.5 Å². The first-order valence-corrected chi connectivity index (χ1v) is 6.70. The molecule has 2 atom stereocenters. The number of aliphatic imine (C=N–C) groups is 1. The first-order chi connectivity index (χ1) is 9.28. The van der Waals surface area contributed by atoms with E-state index in [9.17, 15) is 9.18 Å². The van der Waals surface area contributed by atoms with Gasteiger partial charge >= 0.3 is 0 Å². The fraction of sp³-hybridized carbons (Fsp3) is 0.467. The van der Waals surface area contributed by atoms with Crippen molar-refractivity contribution >= 4 is 11.9 Å². The Morgan fingerprint density at radius 3 is 2.60 bits per heavy atom. The second-order valence-corrected chi connectivity index (χ2v) is 5.86. The van der Waals surface area contributed by atoms with E-state index in [1.165, 1.54) is 6.07 Å². The Morgan fingerprint density at radius 1 is 1.40 bits per heavy atom. The number of hydrogen-bond donors (Lipinski definition) is 2. The Kier molecular flexibility index (Phi) is 3.54. The zero-order valence-corrected chi connectivity index (χ0v) is 12.0. The van der Waals surface area contributed by atoms with Crippen LogP contribution in [0.3, 0.4) is 0 Å². The second-order valence-electron chi connectivity index (χ2n) is 5.86. The van der Waals surface area contributed by atoms with Gasteiger partial charge in [0.2, 0.25) is 0 Å². The van der Waals surface area contributed by atoms with E-state index in [4.69, 9.17) is 11.5 Å². The highest BCUT2D eigenvalue weighted by atomic mass is 19.1. The predicted octanol–water partition coefficient (Wildman–Crippen LogP) is 1.93. The molecule has 0 bridgehead atoms. The average Bonchev–Trinajstić information content (AvgIpc) is 2.92. The summed E-state index contributed by atoms with van der Waals surface area (Å²) >= 11 is 0. The molecule has 4 nitrogen and oxygen atoms in total. The molecule has 0 radical (unpaired) electrons. The van der Waals surface area contributed by atoms with Crippen molar-refractivity contribution in [3.8, 4) is 0 Å². The Labute approximate surface area is 118 Å². The summed E-state index contributed by atoms with van der Waals surface area (Å²) in [5.74, 6) is -0.947. The highest BCUT2D eigenvalue weighted by molar-refractivity contribution is 5.95. The predicted molar refractivity (Wildman–Crippen MR) is 76.6 cm³/mol. The molecule has 0 heterocycles. The molecule has 1 saturated carbocycles. The summed E-state index contributed by atoms with van der Waals surface area (Å²) in [5.41, 5.74) is 11.9. The molecule has 0 aromatic heterocycles. The minimum absolute atomic E-state index is 0.0315. The molecule has 20 heavy (non-hydrogen) atoms. The summed E-state index contributed by atoms with van der Waals surface area (Å²) < 4.78 is 13.6. The minimum atomic E-state index is -0.303. The number of guanidine groups is 1. The number of hydrogen-bond acceptors (Lipinski definition) is 1. The maximum absolute atomic E-state index is 13.6.